The van der Waals surface area contributed by atoms with E-state index in [0.717, 1.165) is 12.8 Å². The minimum atomic E-state index is -0.0820. The number of methoxy groups -OCH3 is 1. The van der Waals surface area contributed by atoms with Gasteiger partial charge in [0.1, 0.15) is 0 Å². The van der Waals surface area contributed by atoms with Crippen molar-refractivity contribution in [3.63, 3.8) is 0 Å². The number of hydrogen-bond acceptors (Lipinski definition) is 3. The Bertz CT molecular complexity index is 439. The summed E-state index contributed by atoms with van der Waals surface area (Å²) in [7, 11) is 1.61. The molecular formula is C15H21NO3. The second-order valence-corrected chi connectivity index (χ2v) is 4.75. The zero-order chi connectivity index (χ0) is 13.7. The summed E-state index contributed by atoms with van der Waals surface area (Å²) in [5.41, 5.74) is 0.607. The van der Waals surface area contributed by atoms with E-state index in [2.05, 4.69) is 5.32 Å². The van der Waals surface area contributed by atoms with Crippen molar-refractivity contribution < 1.29 is 14.3 Å². The van der Waals surface area contributed by atoms with Gasteiger partial charge in [-0.15, -0.1) is 0 Å². The third kappa shape index (κ3) is 3.40. The van der Waals surface area contributed by atoms with Gasteiger partial charge in [0, 0.05) is 12.1 Å². The Balaban J connectivity index is 2.17. The minimum absolute atomic E-state index is 0.0820. The second kappa shape index (κ2) is 6.45. The highest BCUT2D eigenvalue weighted by molar-refractivity contribution is 5.94. The number of benzene rings is 1. The van der Waals surface area contributed by atoms with Gasteiger partial charge in [0.05, 0.1) is 13.2 Å². The monoisotopic (exact) mass is 263 g/mol. The fourth-order valence-corrected chi connectivity index (χ4v) is 2.36. The van der Waals surface area contributed by atoms with Crippen LogP contribution >= 0.6 is 0 Å². The normalized spacial score (nSPS) is 15.3. The van der Waals surface area contributed by atoms with Crippen LogP contribution in [0.5, 0.6) is 11.5 Å². The predicted octanol–water partition coefficient (Wildman–Crippen LogP) is 2.77. The van der Waals surface area contributed by atoms with Crippen molar-refractivity contribution in [1.29, 1.82) is 0 Å². The lowest BCUT2D eigenvalue weighted by Crippen LogP contribution is -2.22. The van der Waals surface area contributed by atoms with Gasteiger partial charge >= 0.3 is 0 Å². The van der Waals surface area contributed by atoms with E-state index in [1.54, 1.807) is 25.3 Å². The number of ether oxygens (including phenoxy) is 2. The van der Waals surface area contributed by atoms with Crippen LogP contribution in [-0.2, 0) is 0 Å². The molecule has 0 aromatic heterocycles. The maximum atomic E-state index is 11.8. The van der Waals surface area contributed by atoms with Gasteiger partial charge in [-0.3, -0.25) is 4.79 Å². The van der Waals surface area contributed by atoms with Crippen LogP contribution in [0.1, 0.15) is 43.0 Å². The lowest BCUT2D eigenvalue weighted by molar-refractivity contribution is 0.0955. The average molecular weight is 263 g/mol. The van der Waals surface area contributed by atoms with E-state index < -0.39 is 0 Å². The first-order valence-electron chi connectivity index (χ1n) is 6.87. The zero-order valence-corrected chi connectivity index (χ0v) is 11.6. The molecule has 1 amide bonds. The Morgan fingerprint density at radius 2 is 2.05 bits per heavy atom. The van der Waals surface area contributed by atoms with E-state index in [1.165, 1.54) is 12.8 Å². The van der Waals surface area contributed by atoms with E-state index in [-0.39, 0.29) is 12.0 Å². The van der Waals surface area contributed by atoms with Gasteiger partial charge in [0.15, 0.2) is 11.5 Å². The van der Waals surface area contributed by atoms with Crippen LogP contribution in [0.25, 0.3) is 0 Å². The summed E-state index contributed by atoms with van der Waals surface area (Å²) in [5.74, 6) is 1.26. The highest BCUT2D eigenvalue weighted by Gasteiger charge is 2.19. The molecule has 1 fully saturated rings. The molecule has 1 aliphatic rings. The molecule has 0 aliphatic heterocycles. The van der Waals surface area contributed by atoms with Gasteiger partial charge in [0.25, 0.3) is 5.91 Å². The van der Waals surface area contributed by atoms with E-state index in [4.69, 9.17) is 9.47 Å². The molecule has 19 heavy (non-hydrogen) atoms. The van der Waals surface area contributed by atoms with Crippen molar-refractivity contribution in [3.8, 4) is 11.5 Å². The molecule has 0 spiro atoms. The minimum Gasteiger partial charge on any atom is -0.493 e. The SMILES string of the molecule is CCNC(=O)c1ccc(OC)c(OC2CCCC2)c1. The molecule has 2 rings (SSSR count). The van der Waals surface area contributed by atoms with E-state index in [9.17, 15) is 4.79 Å². The Kier molecular flexibility index (Phi) is 4.66. The maximum Gasteiger partial charge on any atom is 0.251 e. The molecule has 0 unspecified atom stereocenters. The lowest BCUT2D eigenvalue weighted by Gasteiger charge is -2.16. The number of carbonyl (C=O) groups excluding carboxylic acids is 1. The Labute approximate surface area is 114 Å². The molecule has 0 radical (unpaired) electrons. The second-order valence-electron chi connectivity index (χ2n) is 4.75. The summed E-state index contributed by atoms with van der Waals surface area (Å²) >= 11 is 0. The van der Waals surface area contributed by atoms with Crippen LogP contribution in [0.15, 0.2) is 18.2 Å². The molecule has 4 heteroatoms. The largest absolute Gasteiger partial charge is 0.493 e. The molecule has 1 aromatic rings. The maximum absolute atomic E-state index is 11.8. The lowest BCUT2D eigenvalue weighted by atomic mass is 10.2. The Hall–Kier alpha value is -1.71. The molecule has 1 aliphatic carbocycles. The highest BCUT2D eigenvalue weighted by atomic mass is 16.5. The van der Waals surface area contributed by atoms with Crippen LogP contribution in [0.3, 0.4) is 0 Å². The summed E-state index contributed by atoms with van der Waals surface area (Å²) in [5, 5.41) is 2.78. The molecule has 0 atom stereocenters. The Morgan fingerprint density at radius 1 is 1.32 bits per heavy atom. The van der Waals surface area contributed by atoms with Gasteiger partial charge in [-0.2, -0.15) is 0 Å². The van der Waals surface area contributed by atoms with Gasteiger partial charge in [0.2, 0.25) is 0 Å². The fraction of sp³-hybridized carbons (Fsp3) is 0.533. The zero-order valence-electron chi connectivity index (χ0n) is 11.6. The highest BCUT2D eigenvalue weighted by Crippen LogP contribution is 2.32. The van der Waals surface area contributed by atoms with Crippen molar-refractivity contribution in [3.05, 3.63) is 23.8 Å². The van der Waals surface area contributed by atoms with Crippen LogP contribution in [0.2, 0.25) is 0 Å². The smallest absolute Gasteiger partial charge is 0.251 e. The summed E-state index contributed by atoms with van der Waals surface area (Å²) in [4.78, 5) is 11.8. The molecule has 0 saturated heterocycles. The summed E-state index contributed by atoms with van der Waals surface area (Å²) in [6.07, 6.45) is 4.83. The van der Waals surface area contributed by atoms with E-state index in [1.807, 2.05) is 6.92 Å². The summed E-state index contributed by atoms with van der Waals surface area (Å²) in [6.45, 7) is 2.51. The Morgan fingerprint density at radius 3 is 2.68 bits per heavy atom. The van der Waals surface area contributed by atoms with Crippen LogP contribution in [0.4, 0.5) is 0 Å². The molecule has 1 aromatic carbocycles. The number of nitrogens with one attached hydrogen (secondary N) is 1. The van der Waals surface area contributed by atoms with Crippen molar-refractivity contribution >= 4 is 5.91 Å². The molecule has 4 nitrogen and oxygen atoms in total. The quantitative estimate of drug-likeness (QED) is 0.888. The van der Waals surface area contributed by atoms with Crippen molar-refractivity contribution in [2.24, 2.45) is 0 Å². The van der Waals surface area contributed by atoms with E-state index >= 15 is 0 Å². The van der Waals surface area contributed by atoms with Crippen LogP contribution < -0.4 is 14.8 Å². The standard InChI is InChI=1S/C15H21NO3/c1-3-16-15(17)11-8-9-13(18-2)14(10-11)19-12-6-4-5-7-12/h8-10,12H,3-7H2,1-2H3,(H,16,17). The van der Waals surface area contributed by atoms with E-state index in [0.29, 0.717) is 23.6 Å². The van der Waals surface area contributed by atoms with Gasteiger partial charge in [-0.05, 0) is 50.8 Å². The van der Waals surface area contributed by atoms with Gasteiger partial charge in [-0.25, -0.2) is 0 Å². The predicted molar refractivity (Wildman–Crippen MR) is 73.9 cm³/mol. The molecule has 1 saturated carbocycles. The summed E-state index contributed by atoms with van der Waals surface area (Å²) < 4.78 is 11.3. The average Bonchev–Trinajstić information content (AvgIpc) is 2.92. The third-order valence-electron chi connectivity index (χ3n) is 3.36. The van der Waals surface area contributed by atoms with Gasteiger partial charge in [-0.1, -0.05) is 0 Å². The molecule has 1 N–H and O–H groups in total. The fourth-order valence-electron chi connectivity index (χ4n) is 2.36. The number of rotatable bonds is 5. The molecule has 0 bridgehead atoms. The number of hydrogen-bond donors (Lipinski definition) is 1. The molecular weight excluding hydrogens is 242 g/mol. The third-order valence-corrected chi connectivity index (χ3v) is 3.36. The van der Waals surface area contributed by atoms with Crippen LogP contribution in [0, 0.1) is 0 Å². The number of amides is 1. The van der Waals surface area contributed by atoms with Crippen LogP contribution in [-0.4, -0.2) is 25.7 Å². The topological polar surface area (TPSA) is 47.6 Å². The molecule has 0 heterocycles. The van der Waals surface area contributed by atoms with Crippen molar-refractivity contribution in [1.82, 2.24) is 5.32 Å². The first-order chi connectivity index (χ1) is 9.24. The first-order valence-corrected chi connectivity index (χ1v) is 6.87. The number of carbonyl (C=O) groups is 1. The van der Waals surface area contributed by atoms with Gasteiger partial charge < -0.3 is 14.8 Å². The van der Waals surface area contributed by atoms with Crippen molar-refractivity contribution in [2.45, 2.75) is 38.7 Å². The first kappa shape index (κ1) is 13.7. The summed E-state index contributed by atoms with van der Waals surface area (Å²) in [6, 6.07) is 5.31. The van der Waals surface area contributed by atoms with Crippen molar-refractivity contribution in [2.75, 3.05) is 13.7 Å². The molecule has 104 valence electrons.